The number of nitrogen functional groups attached to an aromatic ring is 2. The lowest BCUT2D eigenvalue weighted by molar-refractivity contribution is 0.313. The lowest BCUT2D eigenvalue weighted by atomic mass is 10.2. The Labute approximate surface area is 89.7 Å². The zero-order valence-corrected chi connectivity index (χ0v) is 8.98. The minimum Gasteiger partial charge on any atom is -0.396 e. The number of piperazine rings is 1. The van der Waals surface area contributed by atoms with Gasteiger partial charge in [-0.25, -0.2) is 4.98 Å². The Bertz CT molecular complexity index is 344. The molecule has 0 aliphatic carbocycles. The van der Waals surface area contributed by atoms with Crippen LogP contribution in [0, 0.1) is 0 Å². The summed E-state index contributed by atoms with van der Waals surface area (Å²) in [5.41, 5.74) is 12.9. The number of hydrogen-bond acceptors (Lipinski definition) is 5. The maximum absolute atomic E-state index is 5.73. The highest BCUT2D eigenvalue weighted by Gasteiger charge is 2.14. The smallest absolute Gasteiger partial charge is 0.146 e. The zero-order valence-electron chi connectivity index (χ0n) is 8.98. The molecule has 15 heavy (non-hydrogen) atoms. The van der Waals surface area contributed by atoms with Crippen LogP contribution in [0.25, 0.3) is 0 Å². The number of anilines is 3. The van der Waals surface area contributed by atoms with Gasteiger partial charge in [0.15, 0.2) is 0 Å². The first kappa shape index (κ1) is 10.0. The molecule has 1 aromatic rings. The van der Waals surface area contributed by atoms with Crippen molar-refractivity contribution < 1.29 is 0 Å². The molecule has 5 nitrogen and oxygen atoms in total. The monoisotopic (exact) mass is 207 g/mol. The molecule has 1 aliphatic heterocycles. The molecule has 0 amide bonds. The van der Waals surface area contributed by atoms with Crippen molar-refractivity contribution in [3.63, 3.8) is 0 Å². The van der Waals surface area contributed by atoms with Crippen LogP contribution >= 0.6 is 0 Å². The van der Waals surface area contributed by atoms with E-state index < -0.39 is 0 Å². The quantitative estimate of drug-likeness (QED) is 0.678. The largest absolute Gasteiger partial charge is 0.396 e. The van der Waals surface area contributed by atoms with E-state index in [2.05, 4.69) is 21.8 Å². The predicted molar refractivity (Wildman–Crippen MR) is 62.8 cm³/mol. The molecule has 1 saturated heterocycles. The van der Waals surface area contributed by atoms with Crippen LogP contribution in [0.1, 0.15) is 0 Å². The number of rotatable bonds is 1. The molecule has 0 unspecified atom stereocenters. The summed E-state index contributed by atoms with van der Waals surface area (Å²) in [5.74, 6) is 0.410. The van der Waals surface area contributed by atoms with Gasteiger partial charge in [-0.1, -0.05) is 0 Å². The van der Waals surface area contributed by atoms with Crippen molar-refractivity contribution in [2.45, 2.75) is 0 Å². The van der Waals surface area contributed by atoms with Crippen LogP contribution in [-0.2, 0) is 0 Å². The first-order valence-electron chi connectivity index (χ1n) is 5.11. The molecule has 82 valence electrons. The highest BCUT2D eigenvalue weighted by atomic mass is 15.2. The highest BCUT2D eigenvalue weighted by Crippen LogP contribution is 2.21. The molecule has 1 aliphatic rings. The van der Waals surface area contributed by atoms with Crippen LogP contribution in [0.3, 0.4) is 0 Å². The van der Waals surface area contributed by atoms with E-state index >= 15 is 0 Å². The first-order chi connectivity index (χ1) is 7.16. The Hall–Kier alpha value is -1.49. The van der Waals surface area contributed by atoms with Crippen LogP contribution in [0.4, 0.5) is 17.2 Å². The molecule has 2 rings (SSSR count). The number of aromatic nitrogens is 1. The lowest BCUT2D eigenvalue weighted by Gasteiger charge is -2.33. The Morgan fingerprint density at radius 3 is 2.47 bits per heavy atom. The van der Waals surface area contributed by atoms with Gasteiger partial charge in [0.05, 0.1) is 17.6 Å². The van der Waals surface area contributed by atoms with Gasteiger partial charge in [0, 0.05) is 26.2 Å². The van der Waals surface area contributed by atoms with Crippen molar-refractivity contribution in [3.8, 4) is 0 Å². The van der Waals surface area contributed by atoms with Gasteiger partial charge in [0.2, 0.25) is 0 Å². The van der Waals surface area contributed by atoms with Crippen molar-refractivity contribution in [2.75, 3.05) is 49.6 Å². The van der Waals surface area contributed by atoms with E-state index in [0.29, 0.717) is 11.5 Å². The fourth-order valence-corrected chi connectivity index (χ4v) is 1.72. The molecule has 1 aromatic heterocycles. The van der Waals surface area contributed by atoms with Crippen molar-refractivity contribution in [2.24, 2.45) is 0 Å². The van der Waals surface area contributed by atoms with Crippen LogP contribution < -0.4 is 16.4 Å². The van der Waals surface area contributed by atoms with E-state index in [9.17, 15) is 0 Å². The van der Waals surface area contributed by atoms with Gasteiger partial charge in [0.1, 0.15) is 5.82 Å². The summed E-state index contributed by atoms with van der Waals surface area (Å²) < 4.78 is 0. The van der Waals surface area contributed by atoms with Crippen molar-refractivity contribution in [1.82, 2.24) is 9.88 Å². The zero-order chi connectivity index (χ0) is 10.8. The van der Waals surface area contributed by atoms with E-state index in [1.54, 1.807) is 6.20 Å². The Balaban J connectivity index is 2.12. The summed E-state index contributed by atoms with van der Waals surface area (Å²) in [4.78, 5) is 8.66. The SMILES string of the molecule is CN1CCN(c2cnc(N)c(N)c2)CC1. The molecule has 2 heterocycles. The molecule has 1 fully saturated rings. The normalized spacial score (nSPS) is 18.1. The van der Waals surface area contributed by atoms with Crippen LogP contribution in [0.5, 0.6) is 0 Å². The maximum atomic E-state index is 5.73. The summed E-state index contributed by atoms with van der Waals surface area (Å²) in [5, 5.41) is 0. The van der Waals surface area contributed by atoms with Gasteiger partial charge < -0.3 is 21.3 Å². The van der Waals surface area contributed by atoms with Crippen molar-refractivity contribution in [1.29, 1.82) is 0 Å². The number of hydrogen-bond donors (Lipinski definition) is 2. The highest BCUT2D eigenvalue weighted by molar-refractivity contribution is 5.65. The third kappa shape index (κ3) is 2.12. The fraction of sp³-hybridized carbons (Fsp3) is 0.500. The molecule has 0 saturated carbocycles. The number of likely N-dealkylation sites (N-methyl/N-ethyl adjacent to an activating group) is 1. The molecule has 0 spiro atoms. The third-order valence-corrected chi connectivity index (χ3v) is 2.80. The molecule has 0 radical (unpaired) electrons. The van der Waals surface area contributed by atoms with Crippen LogP contribution in [0.2, 0.25) is 0 Å². The minimum atomic E-state index is 0.410. The molecule has 0 atom stereocenters. The Morgan fingerprint density at radius 1 is 1.20 bits per heavy atom. The standard InChI is InChI=1S/C10H17N5/c1-14-2-4-15(5-3-14)8-6-9(11)10(12)13-7-8/h6-7H,2-5,11H2,1H3,(H2,12,13). The maximum Gasteiger partial charge on any atom is 0.146 e. The third-order valence-electron chi connectivity index (χ3n) is 2.80. The van der Waals surface area contributed by atoms with Crippen LogP contribution in [-0.4, -0.2) is 43.1 Å². The molecule has 5 heteroatoms. The Kier molecular flexibility index (Phi) is 2.64. The van der Waals surface area contributed by atoms with Gasteiger partial charge in [-0.3, -0.25) is 0 Å². The minimum absolute atomic E-state index is 0.410. The second-order valence-electron chi connectivity index (χ2n) is 3.96. The summed E-state index contributed by atoms with van der Waals surface area (Å²) in [6.45, 7) is 4.18. The van der Waals surface area contributed by atoms with E-state index in [1.165, 1.54) is 0 Å². The van der Waals surface area contributed by atoms with E-state index in [4.69, 9.17) is 11.5 Å². The van der Waals surface area contributed by atoms with E-state index in [1.807, 2.05) is 6.07 Å². The average Bonchev–Trinajstić information content (AvgIpc) is 2.23. The molecule has 0 aromatic carbocycles. The van der Waals surface area contributed by atoms with Crippen molar-refractivity contribution >= 4 is 17.2 Å². The lowest BCUT2D eigenvalue weighted by Crippen LogP contribution is -2.44. The van der Waals surface area contributed by atoms with Gasteiger partial charge in [-0.2, -0.15) is 0 Å². The van der Waals surface area contributed by atoms with E-state index in [0.717, 1.165) is 31.9 Å². The number of nitrogens with zero attached hydrogens (tertiary/aromatic N) is 3. The summed E-state index contributed by atoms with van der Waals surface area (Å²) in [7, 11) is 2.13. The number of pyridine rings is 1. The Morgan fingerprint density at radius 2 is 1.87 bits per heavy atom. The van der Waals surface area contributed by atoms with Gasteiger partial charge in [-0.05, 0) is 13.1 Å². The second-order valence-corrected chi connectivity index (χ2v) is 3.96. The topological polar surface area (TPSA) is 71.4 Å². The summed E-state index contributed by atoms with van der Waals surface area (Å²) >= 11 is 0. The first-order valence-corrected chi connectivity index (χ1v) is 5.11. The second kappa shape index (κ2) is 3.94. The van der Waals surface area contributed by atoms with Crippen molar-refractivity contribution in [3.05, 3.63) is 12.3 Å². The van der Waals surface area contributed by atoms with Gasteiger partial charge >= 0.3 is 0 Å². The van der Waals surface area contributed by atoms with Crippen LogP contribution in [0.15, 0.2) is 12.3 Å². The summed E-state index contributed by atoms with van der Waals surface area (Å²) in [6, 6.07) is 1.90. The molecular formula is C10H17N5. The summed E-state index contributed by atoms with van der Waals surface area (Å²) in [6.07, 6.45) is 1.79. The average molecular weight is 207 g/mol. The predicted octanol–water partition coefficient (Wildman–Crippen LogP) is -0.00220. The van der Waals surface area contributed by atoms with Gasteiger partial charge in [-0.15, -0.1) is 0 Å². The molecule has 0 bridgehead atoms. The van der Waals surface area contributed by atoms with Gasteiger partial charge in [0.25, 0.3) is 0 Å². The molecular weight excluding hydrogens is 190 g/mol. The molecule has 4 N–H and O–H groups in total. The number of nitrogens with two attached hydrogens (primary N) is 2. The van der Waals surface area contributed by atoms with E-state index in [-0.39, 0.29) is 0 Å². The fourth-order valence-electron chi connectivity index (χ4n) is 1.72.